The summed E-state index contributed by atoms with van der Waals surface area (Å²) in [5.74, 6) is 0.0856. The molecule has 0 saturated carbocycles. The molecule has 0 unspecified atom stereocenters. The zero-order valence-electron chi connectivity index (χ0n) is 13.9. The molecule has 7 nitrogen and oxygen atoms in total. The number of hydrogen-bond donors (Lipinski definition) is 1. The van der Waals surface area contributed by atoms with Crippen molar-refractivity contribution in [3.63, 3.8) is 0 Å². The molecule has 9 heteroatoms. The Morgan fingerprint density at radius 3 is 2.77 bits per heavy atom. The second-order valence-corrected chi connectivity index (χ2v) is 7.26. The fraction of sp³-hybridized carbons (Fsp3) is 0.176. The number of furan rings is 1. The molecule has 1 aromatic carbocycles. The molecule has 2 aromatic heterocycles. The van der Waals surface area contributed by atoms with Gasteiger partial charge in [-0.25, -0.2) is 4.98 Å². The van der Waals surface area contributed by atoms with Crippen LogP contribution in [0.5, 0.6) is 0 Å². The number of nitro groups is 1. The average molecular weight is 392 g/mol. The van der Waals surface area contributed by atoms with Gasteiger partial charge in [0.25, 0.3) is 11.6 Å². The van der Waals surface area contributed by atoms with Crippen LogP contribution >= 0.6 is 22.9 Å². The van der Waals surface area contributed by atoms with Crippen LogP contribution in [0.25, 0.3) is 11.3 Å². The highest BCUT2D eigenvalue weighted by Gasteiger charge is 2.21. The number of aromatic nitrogens is 1. The molecule has 1 amide bonds. The summed E-state index contributed by atoms with van der Waals surface area (Å²) in [6.45, 7) is 4.08. The van der Waals surface area contributed by atoms with E-state index in [1.54, 1.807) is 6.20 Å². The van der Waals surface area contributed by atoms with E-state index in [1.165, 1.54) is 41.7 Å². The highest BCUT2D eigenvalue weighted by Crippen LogP contribution is 2.33. The van der Waals surface area contributed by atoms with E-state index in [0.29, 0.717) is 11.0 Å². The number of amides is 1. The molecule has 0 saturated heterocycles. The predicted molar refractivity (Wildman–Crippen MR) is 100.0 cm³/mol. The number of anilines is 1. The second-order valence-electron chi connectivity index (χ2n) is 5.76. The van der Waals surface area contributed by atoms with Gasteiger partial charge in [-0.15, -0.1) is 11.3 Å². The fourth-order valence-corrected chi connectivity index (χ4v) is 3.22. The molecular formula is C17H14ClN3O4S. The summed E-state index contributed by atoms with van der Waals surface area (Å²) in [6, 6.07) is 7.21. The van der Waals surface area contributed by atoms with Crippen molar-refractivity contribution in [2.45, 2.75) is 19.8 Å². The van der Waals surface area contributed by atoms with Crippen LogP contribution in [0.3, 0.4) is 0 Å². The summed E-state index contributed by atoms with van der Waals surface area (Å²) >= 11 is 7.20. The molecular weight excluding hydrogens is 378 g/mol. The van der Waals surface area contributed by atoms with Gasteiger partial charge in [-0.2, -0.15) is 0 Å². The molecule has 3 rings (SSSR count). The lowest BCUT2D eigenvalue weighted by Crippen LogP contribution is -2.10. The number of rotatable bonds is 5. The molecule has 0 spiro atoms. The van der Waals surface area contributed by atoms with Crippen LogP contribution in [0.4, 0.5) is 10.8 Å². The summed E-state index contributed by atoms with van der Waals surface area (Å²) in [4.78, 5) is 28.2. The fourth-order valence-electron chi connectivity index (χ4n) is 2.24. The van der Waals surface area contributed by atoms with E-state index in [0.717, 1.165) is 4.88 Å². The third-order valence-corrected chi connectivity index (χ3v) is 5.01. The minimum absolute atomic E-state index is 0.0329. The van der Waals surface area contributed by atoms with Crippen molar-refractivity contribution >= 4 is 39.7 Å². The maximum atomic E-state index is 12.3. The minimum Gasteiger partial charge on any atom is -0.451 e. The monoisotopic (exact) mass is 391 g/mol. The maximum absolute atomic E-state index is 12.3. The van der Waals surface area contributed by atoms with Crippen molar-refractivity contribution in [1.82, 2.24) is 4.98 Å². The van der Waals surface area contributed by atoms with Crippen LogP contribution in [-0.2, 0) is 0 Å². The first kappa shape index (κ1) is 18.1. The average Bonchev–Trinajstić information content (AvgIpc) is 3.24. The minimum atomic E-state index is -0.549. The molecule has 0 aliphatic carbocycles. The van der Waals surface area contributed by atoms with Gasteiger partial charge in [-0.1, -0.05) is 25.4 Å². The van der Waals surface area contributed by atoms with E-state index in [9.17, 15) is 14.9 Å². The number of carbonyl (C=O) groups is 1. The highest BCUT2D eigenvalue weighted by molar-refractivity contribution is 7.15. The topological polar surface area (TPSA) is 98.3 Å². The number of hydrogen-bond acceptors (Lipinski definition) is 6. The van der Waals surface area contributed by atoms with E-state index >= 15 is 0 Å². The van der Waals surface area contributed by atoms with Gasteiger partial charge in [-0.05, 0) is 30.2 Å². The van der Waals surface area contributed by atoms with Gasteiger partial charge in [0.05, 0.1) is 10.5 Å². The van der Waals surface area contributed by atoms with Crippen LogP contribution in [-0.4, -0.2) is 15.8 Å². The van der Waals surface area contributed by atoms with Gasteiger partial charge in [0.1, 0.15) is 5.76 Å². The zero-order chi connectivity index (χ0) is 18.8. The molecule has 0 aliphatic heterocycles. The Morgan fingerprint density at radius 1 is 1.35 bits per heavy atom. The van der Waals surface area contributed by atoms with Crippen LogP contribution in [0.2, 0.25) is 5.02 Å². The smallest absolute Gasteiger partial charge is 0.293 e. The zero-order valence-corrected chi connectivity index (χ0v) is 15.4. The van der Waals surface area contributed by atoms with Crippen LogP contribution in [0.15, 0.2) is 40.9 Å². The molecule has 0 radical (unpaired) electrons. The number of carbonyl (C=O) groups excluding carboxylic acids is 1. The Hall–Kier alpha value is -2.71. The Bertz CT molecular complexity index is 980. The summed E-state index contributed by atoms with van der Waals surface area (Å²) < 4.78 is 5.51. The summed E-state index contributed by atoms with van der Waals surface area (Å²) in [5.41, 5.74) is 0.0510. The Balaban J connectivity index is 1.83. The van der Waals surface area contributed by atoms with Crippen LogP contribution in [0, 0.1) is 10.1 Å². The first-order valence-corrected chi connectivity index (χ1v) is 8.86. The first-order valence-electron chi connectivity index (χ1n) is 7.66. The molecule has 134 valence electrons. The van der Waals surface area contributed by atoms with Gasteiger partial charge in [0.2, 0.25) is 0 Å². The lowest BCUT2D eigenvalue weighted by Gasteiger charge is -2.01. The van der Waals surface area contributed by atoms with E-state index in [2.05, 4.69) is 10.3 Å². The normalized spacial score (nSPS) is 10.9. The van der Waals surface area contributed by atoms with Crippen LogP contribution in [0.1, 0.15) is 35.2 Å². The standard InChI is InChI=1S/C17H14ClN3O4S/c1-9(2)15-8-19-17(26-15)20-16(22)14-6-5-13(25-14)11-4-3-10(18)7-12(11)21(23)24/h3-9H,1-2H3,(H,19,20,22). The molecule has 0 fully saturated rings. The third kappa shape index (κ3) is 3.76. The number of thiazole rings is 1. The van der Waals surface area contributed by atoms with Crippen molar-refractivity contribution in [2.24, 2.45) is 0 Å². The number of nitro benzene ring substituents is 1. The van der Waals surface area contributed by atoms with Crippen LogP contribution < -0.4 is 5.32 Å². The van der Waals surface area contributed by atoms with Crippen molar-refractivity contribution in [1.29, 1.82) is 0 Å². The van der Waals surface area contributed by atoms with Gasteiger partial charge >= 0.3 is 0 Å². The van der Waals surface area contributed by atoms with Crippen molar-refractivity contribution < 1.29 is 14.1 Å². The number of benzene rings is 1. The molecule has 0 bridgehead atoms. The van der Waals surface area contributed by atoms with Crippen molar-refractivity contribution in [3.8, 4) is 11.3 Å². The molecule has 1 N–H and O–H groups in total. The highest BCUT2D eigenvalue weighted by atomic mass is 35.5. The number of halogens is 1. The number of nitrogens with one attached hydrogen (secondary N) is 1. The molecule has 2 heterocycles. The van der Waals surface area contributed by atoms with Gasteiger partial charge in [-0.3, -0.25) is 20.2 Å². The first-order chi connectivity index (χ1) is 12.3. The Kier molecular flexibility index (Phi) is 5.06. The summed E-state index contributed by atoms with van der Waals surface area (Å²) in [5, 5.41) is 14.6. The van der Waals surface area contributed by atoms with Crippen molar-refractivity contribution in [2.75, 3.05) is 5.32 Å². The third-order valence-electron chi connectivity index (χ3n) is 3.56. The van der Waals surface area contributed by atoms with E-state index in [4.69, 9.17) is 16.0 Å². The summed E-state index contributed by atoms with van der Waals surface area (Å²) in [6.07, 6.45) is 1.72. The number of nitrogens with zero attached hydrogens (tertiary/aromatic N) is 2. The van der Waals surface area contributed by atoms with Crippen molar-refractivity contribution in [3.05, 3.63) is 62.3 Å². The molecule has 0 aliphatic rings. The Labute approximate surface area is 157 Å². The second kappa shape index (κ2) is 7.27. The SMILES string of the molecule is CC(C)c1cnc(NC(=O)c2ccc(-c3ccc(Cl)cc3[N+](=O)[O-])o2)s1. The maximum Gasteiger partial charge on any atom is 0.293 e. The predicted octanol–water partition coefficient (Wildman–Crippen LogP) is 5.34. The summed E-state index contributed by atoms with van der Waals surface area (Å²) in [7, 11) is 0. The largest absolute Gasteiger partial charge is 0.451 e. The molecule has 26 heavy (non-hydrogen) atoms. The van der Waals surface area contributed by atoms with Gasteiger partial charge in [0, 0.05) is 22.2 Å². The quantitative estimate of drug-likeness (QED) is 0.467. The Morgan fingerprint density at radius 2 is 2.12 bits per heavy atom. The van der Waals surface area contributed by atoms with E-state index in [1.807, 2.05) is 13.8 Å². The lowest BCUT2D eigenvalue weighted by molar-refractivity contribution is -0.384. The molecule has 0 atom stereocenters. The molecule has 3 aromatic rings. The van der Waals surface area contributed by atoms with Gasteiger partial charge < -0.3 is 4.42 Å². The van der Waals surface area contributed by atoms with E-state index < -0.39 is 10.8 Å². The lowest BCUT2D eigenvalue weighted by atomic mass is 10.1. The van der Waals surface area contributed by atoms with E-state index in [-0.39, 0.29) is 27.8 Å². The van der Waals surface area contributed by atoms with Gasteiger partial charge in [0.15, 0.2) is 10.9 Å².